The minimum absolute atomic E-state index is 0.247. The molecule has 1 N–H and O–H groups in total. The molecule has 0 aromatic carbocycles. The van der Waals surface area contributed by atoms with Crippen molar-refractivity contribution in [2.24, 2.45) is 0 Å². The molecule has 0 bridgehead atoms. The topological polar surface area (TPSA) is 75.2 Å². The predicted molar refractivity (Wildman–Crippen MR) is 95.8 cm³/mol. The van der Waals surface area contributed by atoms with Gasteiger partial charge in [0.15, 0.2) is 0 Å². The minimum Gasteiger partial charge on any atom is -0.363 e. The summed E-state index contributed by atoms with van der Waals surface area (Å²) in [6.45, 7) is 5.62. The van der Waals surface area contributed by atoms with E-state index in [0.29, 0.717) is 25.5 Å². The Kier molecular flexibility index (Phi) is 5.17. The Balaban J connectivity index is 1.83. The van der Waals surface area contributed by atoms with Crippen LogP contribution in [-0.2, 0) is 16.6 Å². The first-order valence-corrected chi connectivity index (χ1v) is 10.4. The van der Waals surface area contributed by atoms with Gasteiger partial charge < -0.3 is 5.32 Å². The first-order valence-electron chi connectivity index (χ1n) is 8.10. The van der Waals surface area contributed by atoms with E-state index >= 15 is 0 Å². The SMILES string of the molecule is Cc1nc(CNc2ncccc2S(=O)(=O)N2CCCCC2)c(C)s1. The highest BCUT2D eigenvalue weighted by Gasteiger charge is 2.28. The van der Waals surface area contributed by atoms with Crippen LogP contribution in [0.4, 0.5) is 5.82 Å². The number of sulfonamides is 1. The molecule has 6 nitrogen and oxygen atoms in total. The quantitative estimate of drug-likeness (QED) is 0.880. The molecule has 3 rings (SSSR count). The van der Waals surface area contributed by atoms with E-state index in [4.69, 9.17) is 0 Å². The van der Waals surface area contributed by atoms with Crippen LogP contribution < -0.4 is 5.32 Å². The van der Waals surface area contributed by atoms with Crippen molar-refractivity contribution >= 4 is 27.2 Å². The van der Waals surface area contributed by atoms with Crippen LogP contribution in [0.5, 0.6) is 0 Å². The van der Waals surface area contributed by atoms with E-state index < -0.39 is 10.0 Å². The van der Waals surface area contributed by atoms with Crippen LogP contribution in [0.1, 0.15) is 34.8 Å². The number of hydrogen-bond donors (Lipinski definition) is 1. The highest BCUT2D eigenvalue weighted by Crippen LogP contribution is 2.26. The zero-order valence-corrected chi connectivity index (χ0v) is 15.6. The van der Waals surface area contributed by atoms with Crippen molar-refractivity contribution < 1.29 is 8.42 Å². The molecule has 1 saturated heterocycles. The second-order valence-corrected chi connectivity index (χ2v) is 9.22. The highest BCUT2D eigenvalue weighted by atomic mass is 32.2. The predicted octanol–water partition coefficient (Wildman–Crippen LogP) is 2.94. The van der Waals surface area contributed by atoms with Gasteiger partial charge in [-0.25, -0.2) is 18.4 Å². The fourth-order valence-electron chi connectivity index (χ4n) is 2.88. The first-order chi connectivity index (χ1) is 11.5. The number of nitrogens with one attached hydrogen (secondary N) is 1. The Labute approximate surface area is 147 Å². The lowest BCUT2D eigenvalue weighted by atomic mass is 10.2. The van der Waals surface area contributed by atoms with Gasteiger partial charge in [0.2, 0.25) is 10.0 Å². The number of rotatable bonds is 5. The number of pyridine rings is 1. The van der Waals surface area contributed by atoms with E-state index in [-0.39, 0.29) is 4.90 Å². The summed E-state index contributed by atoms with van der Waals surface area (Å²) in [7, 11) is -3.51. The van der Waals surface area contributed by atoms with Crippen molar-refractivity contribution in [3.8, 4) is 0 Å². The lowest BCUT2D eigenvalue weighted by Crippen LogP contribution is -2.36. The van der Waals surface area contributed by atoms with E-state index in [2.05, 4.69) is 15.3 Å². The molecule has 3 heterocycles. The van der Waals surface area contributed by atoms with E-state index in [1.807, 2.05) is 13.8 Å². The van der Waals surface area contributed by atoms with E-state index in [9.17, 15) is 8.42 Å². The number of thiazole rings is 1. The molecular formula is C16H22N4O2S2. The Morgan fingerprint density at radius 2 is 2.00 bits per heavy atom. The maximum absolute atomic E-state index is 12.9. The summed E-state index contributed by atoms with van der Waals surface area (Å²) in [5.74, 6) is 0.396. The molecule has 130 valence electrons. The lowest BCUT2D eigenvalue weighted by molar-refractivity contribution is 0.346. The number of anilines is 1. The average Bonchev–Trinajstić information content (AvgIpc) is 2.91. The molecule has 24 heavy (non-hydrogen) atoms. The Morgan fingerprint density at radius 1 is 1.25 bits per heavy atom. The standard InChI is InChI=1S/C16H22N4O2S2/c1-12-14(19-13(2)23-12)11-18-16-15(7-6-8-17-16)24(21,22)20-9-4-3-5-10-20/h6-8H,3-5,9-11H2,1-2H3,(H,17,18). The fraction of sp³-hybridized carbons (Fsp3) is 0.500. The normalized spacial score (nSPS) is 16.2. The zero-order valence-electron chi connectivity index (χ0n) is 13.9. The summed E-state index contributed by atoms with van der Waals surface area (Å²) in [5, 5.41) is 4.16. The van der Waals surface area contributed by atoms with Crippen LogP contribution in [0.3, 0.4) is 0 Å². The monoisotopic (exact) mass is 366 g/mol. The summed E-state index contributed by atoms with van der Waals surface area (Å²) < 4.78 is 27.4. The van der Waals surface area contributed by atoms with Gasteiger partial charge in [-0.05, 0) is 38.8 Å². The minimum atomic E-state index is -3.51. The van der Waals surface area contributed by atoms with Crippen LogP contribution in [0.15, 0.2) is 23.2 Å². The molecule has 8 heteroatoms. The van der Waals surface area contributed by atoms with Crippen LogP contribution in [0.25, 0.3) is 0 Å². The summed E-state index contributed by atoms with van der Waals surface area (Å²) in [6.07, 6.45) is 4.53. The van der Waals surface area contributed by atoms with E-state index in [0.717, 1.165) is 34.8 Å². The van der Waals surface area contributed by atoms with Gasteiger partial charge in [-0.3, -0.25) is 0 Å². The lowest BCUT2D eigenvalue weighted by Gasteiger charge is -2.26. The molecule has 1 aliphatic heterocycles. The van der Waals surface area contributed by atoms with Crippen molar-refractivity contribution in [2.45, 2.75) is 44.6 Å². The van der Waals surface area contributed by atoms with Gasteiger partial charge in [-0.1, -0.05) is 6.42 Å². The van der Waals surface area contributed by atoms with Gasteiger partial charge in [0, 0.05) is 24.2 Å². The fourth-order valence-corrected chi connectivity index (χ4v) is 5.35. The van der Waals surface area contributed by atoms with Crippen molar-refractivity contribution in [3.05, 3.63) is 33.9 Å². The molecule has 0 radical (unpaired) electrons. The Hall–Kier alpha value is -1.51. The maximum atomic E-state index is 12.9. The number of piperidine rings is 1. The van der Waals surface area contributed by atoms with E-state index in [1.54, 1.807) is 34.0 Å². The first kappa shape index (κ1) is 17.3. The second kappa shape index (κ2) is 7.16. The molecule has 0 atom stereocenters. The molecular weight excluding hydrogens is 344 g/mol. The Bertz CT molecular complexity index is 811. The van der Waals surface area contributed by atoms with Gasteiger partial charge in [0.05, 0.1) is 17.2 Å². The maximum Gasteiger partial charge on any atom is 0.246 e. The summed E-state index contributed by atoms with van der Waals surface area (Å²) >= 11 is 1.64. The average molecular weight is 367 g/mol. The molecule has 0 amide bonds. The Morgan fingerprint density at radius 3 is 2.67 bits per heavy atom. The largest absolute Gasteiger partial charge is 0.363 e. The van der Waals surface area contributed by atoms with Crippen LogP contribution >= 0.6 is 11.3 Å². The molecule has 0 aliphatic carbocycles. The number of nitrogens with zero attached hydrogens (tertiary/aromatic N) is 3. The van der Waals surface area contributed by atoms with Gasteiger partial charge in [0.1, 0.15) is 10.7 Å². The van der Waals surface area contributed by atoms with Crippen molar-refractivity contribution in [1.82, 2.24) is 14.3 Å². The molecule has 0 spiro atoms. The molecule has 1 fully saturated rings. The number of aryl methyl sites for hydroxylation is 2. The highest BCUT2D eigenvalue weighted by molar-refractivity contribution is 7.89. The molecule has 0 saturated carbocycles. The van der Waals surface area contributed by atoms with Crippen LogP contribution in [0.2, 0.25) is 0 Å². The summed E-state index contributed by atoms with van der Waals surface area (Å²) in [5.41, 5.74) is 0.935. The summed E-state index contributed by atoms with van der Waals surface area (Å²) in [6, 6.07) is 3.29. The van der Waals surface area contributed by atoms with Crippen molar-refractivity contribution in [2.75, 3.05) is 18.4 Å². The van der Waals surface area contributed by atoms with Gasteiger partial charge in [-0.15, -0.1) is 11.3 Å². The molecule has 0 unspecified atom stereocenters. The van der Waals surface area contributed by atoms with Crippen molar-refractivity contribution in [1.29, 1.82) is 0 Å². The molecule has 2 aromatic heterocycles. The number of hydrogen-bond acceptors (Lipinski definition) is 6. The third-order valence-electron chi connectivity index (χ3n) is 4.13. The van der Waals surface area contributed by atoms with Gasteiger partial charge in [-0.2, -0.15) is 4.31 Å². The third-order valence-corrected chi connectivity index (χ3v) is 6.99. The third kappa shape index (κ3) is 3.60. The smallest absolute Gasteiger partial charge is 0.246 e. The zero-order chi connectivity index (χ0) is 17.2. The van der Waals surface area contributed by atoms with Gasteiger partial charge >= 0.3 is 0 Å². The summed E-state index contributed by atoms with van der Waals surface area (Å²) in [4.78, 5) is 10.1. The molecule has 2 aromatic rings. The van der Waals surface area contributed by atoms with Gasteiger partial charge in [0.25, 0.3) is 0 Å². The second-order valence-electron chi connectivity index (χ2n) is 5.90. The number of aromatic nitrogens is 2. The van der Waals surface area contributed by atoms with Crippen LogP contribution in [-0.4, -0.2) is 35.8 Å². The molecule has 1 aliphatic rings. The van der Waals surface area contributed by atoms with Crippen LogP contribution in [0, 0.1) is 13.8 Å². The van der Waals surface area contributed by atoms with E-state index in [1.165, 1.54) is 0 Å². The van der Waals surface area contributed by atoms with Crippen molar-refractivity contribution in [3.63, 3.8) is 0 Å².